The molecule has 1 amide bonds. The monoisotopic (exact) mass is 614 g/mol. The Hall–Kier alpha value is -4.13. The second-order valence-electron chi connectivity index (χ2n) is 12.6. The number of aryl methyl sites for hydroxylation is 7. The molecule has 0 aliphatic rings. The van der Waals surface area contributed by atoms with Gasteiger partial charge in [-0.2, -0.15) is 0 Å². The summed E-state index contributed by atoms with van der Waals surface area (Å²) in [6, 6.07) is 16.9. The van der Waals surface area contributed by atoms with E-state index in [2.05, 4.69) is 69.4 Å². The van der Waals surface area contributed by atoms with Gasteiger partial charge in [0.05, 0.1) is 11.2 Å². The third kappa shape index (κ3) is 11.1. The molecule has 242 valence electrons. The summed E-state index contributed by atoms with van der Waals surface area (Å²) in [5.41, 5.74) is 8.61. The molecule has 0 fully saturated rings. The van der Waals surface area contributed by atoms with Crippen LogP contribution in [0.1, 0.15) is 91.2 Å². The van der Waals surface area contributed by atoms with Crippen LogP contribution in [0.2, 0.25) is 0 Å². The summed E-state index contributed by atoms with van der Waals surface area (Å²) in [4.78, 5) is 36.5. The number of carbonyl (C=O) groups excluding carboxylic acids is 3. The molecule has 7 heteroatoms. The van der Waals surface area contributed by atoms with Crippen molar-refractivity contribution >= 4 is 23.6 Å². The predicted molar refractivity (Wildman–Crippen MR) is 180 cm³/mol. The number of ether oxygens (including phenoxy) is 2. The first-order valence-electron chi connectivity index (χ1n) is 15.9. The van der Waals surface area contributed by atoms with Crippen LogP contribution in [0.4, 0.5) is 0 Å². The highest BCUT2D eigenvalue weighted by Gasteiger charge is 2.27. The Balaban J connectivity index is 1.77. The molecule has 1 atom stereocenters. The van der Waals surface area contributed by atoms with E-state index in [1.54, 1.807) is 0 Å². The molecule has 3 rings (SSSR count). The summed E-state index contributed by atoms with van der Waals surface area (Å²) >= 11 is 0. The van der Waals surface area contributed by atoms with Crippen molar-refractivity contribution in [1.82, 2.24) is 9.88 Å². The van der Waals surface area contributed by atoms with E-state index in [-0.39, 0.29) is 24.5 Å². The fourth-order valence-corrected chi connectivity index (χ4v) is 5.72. The molecule has 2 aromatic carbocycles. The lowest BCUT2D eigenvalue weighted by Crippen LogP contribution is -2.49. The zero-order valence-electron chi connectivity index (χ0n) is 28.3. The Kier molecular flexibility index (Phi) is 12.8. The van der Waals surface area contributed by atoms with Gasteiger partial charge in [0, 0.05) is 33.0 Å². The fraction of sp³-hybridized carbons (Fsp3) is 0.447. The van der Waals surface area contributed by atoms with Crippen molar-refractivity contribution in [3.05, 3.63) is 99.4 Å². The van der Waals surface area contributed by atoms with Gasteiger partial charge in [0.15, 0.2) is 5.76 Å². The molecule has 1 N–H and O–H groups in total. The van der Waals surface area contributed by atoms with Crippen LogP contribution in [-0.2, 0) is 50.2 Å². The number of rotatable bonds is 15. The van der Waals surface area contributed by atoms with Gasteiger partial charge in [0.2, 0.25) is 5.91 Å². The average molecular weight is 615 g/mol. The molecule has 0 unspecified atom stereocenters. The number of esters is 2. The summed E-state index contributed by atoms with van der Waals surface area (Å²) in [5.74, 6) is -0.274. The summed E-state index contributed by atoms with van der Waals surface area (Å²) in [6.07, 6.45) is 6.60. The Morgan fingerprint density at radius 1 is 0.867 bits per heavy atom. The Bertz CT molecular complexity index is 1530. The van der Waals surface area contributed by atoms with E-state index in [0.29, 0.717) is 31.4 Å². The van der Waals surface area contributed by atoms with Crippen molar-refractivity contribution in [3.63, 3.8) is 0 Å². The normalized spacial score (nSPS) is 12.8. The van der Waals surface area contributed by atoms with Crippen molar-refractivity contribution < 1.29 is 23.9 Å². The number of allylic oxidation sites excluding steroid dienone is 1. The molecule has 0 saturated carbocycles. The van der Waals surface area contributed by atoms with Crippen LogP contribution in [0.5, 0.6) is 0 Å². The third-order valence-electron chi connectivity index (χ3n) is 8.27. The maximum Gasteiger partial charge on any atom is 0.311 e. The van der Waals surface area contributed by atoms with Crippen LogP contribution in [0.15, 0.2) is 54.6 Å². The molecular weight excluding hydrogens is 564 g/mol. The molecule has 45 heavy (non-hydrogen) atoms. The topological polar surface area (TPSA) is 86.6 Å². The maximum absolute atomic E-state index is 13.1. The van der Waals surface area contributed by atoms with Crippen LogP contribution in [0.3, 0.4) is 0 Å². The molecule has 0 radical (unpaired) electrons. The highest BCUT2D eigenvalue weighted by Crippen LogP contribution is 2.24. The first kappa shape index (κ1) is 35.4. The number of amides is 1. The second kappa shape index (κ2) is 16.3. The van der Waals surface area contributed by atoms with Crippen LogP contribution in [0, 0.1) is 27.7 Å². The fourth-order valence-electron chi connectivity index (χ4n) is 5.72. The lowest BCUT2D eigenvalue weighted by molar-refractivity contribution is -0.144. The molecule has 0 saturated heterocycles. The van der Waals surface area contributed by atoms with E-state index >= 15 is 0 Å². The minimum absolute atomic E-state index is 0.0858. The number of hydrogen-bond acceptors (Lipinski definition) is 5. The Morgan fingerprint density at radius 2 is 1.49 bits per heavy atom. The van der Waals surface area contributed by atoms with Crippen molar-refractivity contribution in [2.75, 3.05) is 6.61 Å². The van der Waals surface area contributed by atoms with E-state index < -0.39 is 5.54 Å². The average Bonchev–Trinajstić information content (AvgIpc) is 3.32. The van der Waals surface area contributed by atoms with Crippen LogP contribution in [-0.4, -0.2) is 34.6 Å². The predicted octanol–water partition coefficient (Wildman–Crippen LogP) is 7.19. The first-order valence-corrected chi connectivity index (χ1v) is 15.9. The van der Waals surface area contributed by atoms with Gasteiger partial charge in [-0.1, -0.05) is 47.5 Å². The Morgan fingerprint density at radius 3 is 2.07 bits per heavy atom. The molecule has 1 heterocycles. The molecule has 0 spiro atoms. The molecule has 3 aromatic rings. The summed E-state index contributed by atoms with van der Waals surface area (Å²) in [6.45, 7) is 13.2. The molecule has 7 nitrogen and oxygen atoms in total. The summed E-state index contributed by atoms with van der Waals surface area (Å²) in [5, 5.41) is 2.94. The lowest BCUT2D eigenvalue weighted by atomic mass is 9.95. The van der Waals surface area contributed by atoms with Gasteiger partial charge < -0.3 is 19.4 Å². The van der Waals surface area contributed by atoms with Gasteiger partial charge in [-0.25, -0.2) is 0 Å². The molecular formula is C38H50N2O5. The zero-order valence-corrected chi connectivity index (χ0v) is 28.3. The van der Waals surface area contributed by atoms with Crippen molar-refractivity contribution in [3.8, 4) is 0 Å². The number of nitrogens with one attached hydrogen (secondary N) is 1. The third-order valence-corrected chi connectivity index (χ3v) is 8.27. The van der Waals surface area contributed by atoms with E-state index in [1.165, 1.54) is 47.2 Å². The van der Waals surface area contributed by atoms with Crippen molar-refractivity contribution in [2.45, 2.75) is 99.0 Å². The first-order chi connectivity index (χ1) is 21.3. The van der Waals surface area contributed by atoms with Gasteiger partial charge in [0.1, 0.15) is 6.61 Å². The molecule has 1 aromatic heterocycles. The Labute approximate surface area is 269 Å². The number of carbonyl (C=O) groups is 3. The van der Waals surface area contributed by atoms with Crippen LogP contribution in [0.25, 0.3) is 5.76 Å². The quantitative estimate of drug-likeness (QED) is 0.145. The number of benzene rings is 2. The summed E-state index contributed by atoms with van der Waals surface area (Å²) in [7, 11) is 1.96. The number of nitrogens with zero attached hydrogens (tertiary/aromatic N) is 1. The van der Waals surface area contributed by atoms with Gasteiger partial charge in [-0.3, -0.25) is 14.4 Å². The van der Waals surface area contributed by atoms with Crippen molar-refractivity contribution in [2.24, 2.45) is 7.05 Å². The standard InChI is InChI=1S/C38H50N2O5/c1-26-15-17-32(28(3)23-26)11-9-13-36(45-37(43)14-10-12-33-18-16-27(2)24-29(33)4)35-20-19-34(40(35)8)21-22-38(7,39-30(5)41)25-44-31(6)42/h13,15-20,23-24H,9-12,14,21-22,25H2,1-8H3,(H,39,41)/b36-13-/t38-/m1/s1. The highest BCUT2D eigenvalue weighted by atomic mass is 16.5. The molecule has 0 aliphatic carbocycles. The van der Waals surface area contributed by atoms with Gasteiger partial charge >= 0.3 is 11.9 Å². The highest BCUT2D eigenvalue weighted by molar-refractivity contribution is 5.77. The van der Waals surface area contributed by atoms with Gasteiger partial charge in [-0.05, 0) is 114 Å². The zero-order chi connectivity index (χ0) is 33.1. The minimum Gasteiger partial charge on any atom is -0.463 e. The molecule has 0 aliphatic heterocycles. The minimum atomic E-state index is -0.714. The summed E-state index contributed by atoms with van der Waals surface area (Å²) < 4.78 is 13.3. The van der Waals surface area contributed by atoms with Crippen LogP contribution >= 0.6 is 0 Å². The molecule has 0 bridgehead atoms. The maximum atomic E-state index is 13.1. The lowest BCUT2D eigenvalue weighted by Gasteiger charge is -2.30. The van der Waals surface area contributed by atoms with E-state index in [4.69, 9.17) is 9.47 Å². The van der Waals surface area contributed by atoms with Crippen LogP contribution < -0.4 is 5.32 Å². The number of aromatic nitrogens is 1. The SMILES string of the molecule is CC(=O)N[C@](C)(CCc1ccc(/C(=C/CCc2ccc(C)cc2C)OC(=O)CCCc2ccc(C)cc2C)n1C)COC(C)=O. The number of hydrogen-bond donors (Lipinski definition) is 1. The van der Waals surface area contributed by atoms with Gasteiger partial charge in [-0.15, -0.1) is 0 Å². The largest absolute Gasteiger partial charge is 0.463 e. The van der Waals surface area contributed by atoms with E-state index in [1.807, 2.05) is 36.7 Å². The second-order valence-corrected chi connectivity index (χ2v) is 12.6. The van der Waals surface area contributed by atoms with Gasteiger partial charge in [0.25, 0.3) is 0 Å². The van der Waals surface area contributed by atoms with E-state index in [0.717, 1.165) is 30.7 Å². The van der Waals surface area contributed by atoms with Crippen molar-refractivity contribution in [1.29, 1.82) is 0 Å². The van der Waals surface area contributed by atoms with E-state index in [9.17, 15) is 14.4 Å². The smallest absolute Gasteiger partial charge is 0.311 e.